The van der Waals surface area contributed by atoms with E-state index in [1.165, 1.54) is 14.2 Å². The predicted octanol–water partition coefficient (Wildman–Crippen LogP) is 2.36. The molecule has 1 N–H and O–H groups in total. The second-order valence-electron chi connectivity index (χ2n) is 7.78. The summed E-state index contributed by atoms with van der Waals surface area (Å²) in [6.45, 7) is 1.21. The number of carbonyl (C=O) groups excluding carboxylic acids is 3. The minimum atomic E-state index is -0.670. The van der Waals surface area contributed by atoms with Crippen LogP contribution < -0.4 is 19.7 Å². The highest BCUT2D eigenvalue weighted by Crippen LogP contribution is 2.49. The van der Waals surface area contributed by atoms with E-state index in [1.54, 1.807) is 53.3 Å². The Balaban J connectivity index is 1.69. The predicted molar refractivity (Wildman–Crippen MR) is 121 cm³/mol. The summed E-state index contributed by atoms with van der Waals surface area (Å²) in [6.07, 6.45) is 0.149. The van der Waals surface area contributed by atoms with Crippen LogP contribution in [0.25, 0.3) is 0 Å². The largest absolute Gasteiger partial charge is 0.493 e. The van der Waals surface area contributed by atoms with Crippen LogP contribution in [-0.4, -0.2) is 63.6 Å². The van der Waals surface area contributed by atoms with Gasteiger partial charge in [-0.05, 0) is 24.6 Å². The monoisotopic (exact) mass is 453 g/mol. The van der Waals surface area contributed by atoms with Crippen molar-refractivity contribution in [2.75, 3.05) is 45.9 Å². The molecule has 0 fully saturated rings. The number of carbonyl (C=O) groups is 3. The van der Waals surface area contributed by atoms with E-state index in [1.807, 2.05) is 0 Å². The van der Waals surface area contributed by atoms with Crippen LogP contribution in [0.5, 0.6) is 11.5 Å². The van der Waals surface area contributed by atoms with Gasteiger partial charge in [-0.25, -0.2) is 0 Å². The fourth-order valence-corrected chi connectivity index (χ4v) is 4.41. The highest BCUT2D eigenvalue weighted by atomic mass is 16.5. The molecule has 9 heteroatoms. The van der Waals surface area contributed by atoms with E-state index in [4.69, 9.17) is 14.2 Å². The highest BCUT2D eigenvalue weighted by molar-refractivity contribution is 6.18. The van der Waals surface area contributed by atoms with Gasteiger partial charge in [0, 0.05) is 38.8 Å². The number of ether oxygens (including phenoxy) is 3. The van der Waals surface area contributed by atoms with Gasteiger partial charge in [0.2, 0.25) is 5.91 Å². The third kappa shape index (κ3) is 3.89. The smallest absolute Gasteiger partial charge is 0.264 e. The zero-order valence-corrected chi connectivity index (χ0v) is 18.9. The standard InChI is InChI=1S/C24H27N3O6/c1-31-14-6-12-25-19(28)11-13-26-22-16-9-10-18(32-2)21(33-3)20(16)24(30)27(22)17-8-5-4-7-15(17)23(26)29/h4-5,7-10,22H,6,11-14H2,1-3H3,(H,25,28)/t22-/m0/s1. The third-order valence-electron chi connectivity index (χ3n) is 5.91. The van der Waals surface area contributed by atoms with E-state index in [-0.39, 0.29) is 30.7 Å². The second-order valence-corrected chi connectivity index (χ2v) is 7.78. The first-order valence-corrected chi connectivity index (χ1v) is 10.8. The molecule has 174 valence electrons. The summed E-state index contributed by atoms with van der Waals surface area (Å²) in [4.78, 5) is 42.6. The van der Waals surface area contributed by atoms with Gasteiger partial charge >= 0.3 is 0 Å². The van der Waals surface area contributed by atoms with Crippen molar-refractivity contribution in [3.05, 3.63) is 53.1 Å². The van der Waals surface area contributed by atoms with Crippen molar-refractivity contribution in [2.45, 2.75) is 19.0 Å². The molecule has 0 saturated heterocycles. The summed E-state index contributed by atoms with van der Waals surface area (Å²) < 4.78 is 15.9. The number of hydrogen-bond donors (Lipinski definition) is 1. The van der Waals surface area contributed by atoms with Gasteiger partial charge < -0.3 is 24.4 Å². The second kappa shape index (κ2) is 9.50. The highest BCUT2D eigenvalue weighted by Gasteiger charge is 2.49. The average Bonchev–Trinajstić information content (AvgIpc) is 3.13. The van der Waals surface area contributed by atoms with E-state index in [0.717, 1.165) is 0 Å². The zero-order valence-electron chi connectivity index (χ0n) is 18.9. The van der Waals surface area contributed by atoms with Gasteiger partial charge in [0.15, 0.2) is 11.5 Å². The molecule has 9 nitrogen and oxygen atoms in total. The number of nitrogens with one attached hydrogen (secondary N) is 1. The van der Waals surface area contributed by atoms with Crippen molar-refractivity contribution in [1.29, 1.82) is 0 Å². The van der Waals surface area contributed by atoms with E-state index in [2.05, 4.69) is 5.32 Å². The van der Waals surface area contributed by atoms with E-state index >= 15 is 0 Å². The van der Waals surface area contributed by atoms with Crippen molar-refractivity contribution in [2.24, 2.45) is 0 Å². The molecule has 33 heavy (non-hydrogen) atoms. The SMILES string of the molecule is COCCCNC(=O)CCN1C(=O)c2ccccc2N2C(=O)c3c(ccc(OC)c3OC)[C@@H]12. The van der Waals surface area contributed by atoms with Gasteiger partial charge in [-0.1, -0.05) is 18.2 Å². The van der Waals surface area contributed by atoms with Crippen LogP contribution in [-0.2, 0) is 9.53 Å². The molecular weight excluding hydrogens is 426 g/mol. The van der Waals surface area contributed by atoms with Crippen molar-refractivity contribution < 1.29 is 28.6 Å². The number of nitrogens with zero attached hydrogens (tertiary/aromatic N) is 2. The first-order chi connectivity index (χ1) is 16.0. The first-order valence-electron chi connectivity index (χ1n) is 10.8. The number of hydrogen-bond acceptors (Lipinski definition) is 6. The summed E-state index contributed by atoms with van der Waals surface area (Å²) >= 11 is 0. The molecule has 3 amide bonds. The van der Waals surface area contributed by atoms with Crippen molar-refractivity contribution in [1.82, 2.24) is 10.2 Å². The lowest BCUT2D eigenvalue weighted by Gasteiger charge is -2.40. The lowest BCUT2D eigenvalue weighted by atomic mass is 10.0. The molecule has 2 heterocycles. The summed E-state index contributed by atoms with van der Waals surface area (Å²) in [7, 11) is 4.60. The summed E-state index contributed by atoms with van der Waals surface area (Å²) in [5, 5.41) is 2.84. The fraction of sp³-hybridized carbons (Fsp3) is 0.375. The quantitative estimate of drug-likeness (QED) is 0.586. The van der Waals surface area contributed by atoms with Crippen molar-refractivity contribution >= 4 is 23.4 Å². The van der Waals surface area contributed by atoms with E-state index in [9.17, 15) is 14.4 Å². The molecule has 4 rings (SSSR count). The Bertz CT molecular complexity index is 1090. The molecule has 0 aliphatic carbocycles. The Hall–Kier alpha value is -3.59. The van der Waals surface area contributed by atoms with Gasteiger partial charge in [-0.2, -0.15) is 0 Å². The van der Waals surface area contributed by atoms with Crippen LogP contribution in [0.2, 0.25) is 0 Å². The van der Waals surface area contributed by atoms with Crippen LogP contribution in [0.1, 0.15) is 45.3 Å². The number of fused-ring (bicyclic) bond motifs is 5. The molecule has 0 spiro atoms. The summed E-state index contributed by atoms with van der Waals surface area (Å²) in [5.41, 5.74) is 1.96. The van der Waals surface area contributed by atoms with E-state index in [0.29, 0.717) is 53.4 Å². The van der Waals surface area contributed by atoms with Gasteiger partial charge in [0.05, 0.1) is 31.0 Å². The number of benzene rings is 2. The number of methoxy groups -OCH3 is 3. The minimum Gasteiger partial charge on any atom is -0.493 e. The Morgan fingerprint density at radius 2 is 1.82 bits per heavy atom. The number of para-hydroxylation sites is 1. The molecule has 2 aliphatic rings. The van der Waals surface area contributed by atoms with Crippen LogP contribution in [0.3, 0.4) is 0 Å². The Morgan fingerprint density at radius 1 is 1.03 bits per heavy atom. The maximum atomic E-state index is 13.6. The first kappa shape index (κ1) is 22.6. The molecule has 0 unspecified atom stereocenters. The third-order valence-corrected chi connectivity index (χ3v) is 5.91. The maximum Gasteiger partial charge on any atom is 0.264 e. The number of amides is 3. The number of anilines is 1. The molecule has 2 aromatic carbocycles. The van der Waals surface area contributed by atoms with Gasteiger partial charge in [0.1, 0.15) is 6.17 Å². The summed E-state index contributed by atoms with van der Waals surface area (Å²) in [5.74, 6) is 0.0940. The van der Waals surface area contributed by atoms with Gasteiger partial charge in [-0.15, -0.1) is 0 Å². The molecule has 0 saturated carbocycles. The minimum absolute atomic E-state index is 0.113. The molecule has 2 aliphatic heterocycles. The number of rotatable bonds is 9. The Kier molecular flexibility index (Phi) is 6.50. The van der Waals surface area contributed by atoms with Crippen LogP contribution >= 0.6 is 0 Å². The molecule has 1 atom stereocenters. The Morgan fingerprint density at radius 3 is 2.55 bits per heavy atom. The lowest BCUT2D eigenvalue weighted by Crippen LogP contribution is -2.49. The Labute approximate surface area is 192 Å². The molecule has 2 aromatic rings. The van der Waals surface area contributed by atoms with E-state index < -0.39 is 6.17 Å². The van der Waals surface area contributed by atoms with Crippen LogP contribution in [0, 0.1) is 0 Å². The zero-order chi connectivity index (χ0) is 23.5. The average molecular weight is 453 g/mol. The van der Waals surface area contributed by atoms with Crippen LogP contribution in [0.15, 0.2) is 36.4 Å². The summed E-state index contributed by atoms with van der Waals surface area (Å²) in [6, 6.07) is 10.5. The van der Waals surface area contributed by atoms with Gasteiger partial charge in [-0.3, -0.25) is 19.3 Å². The lowest BCUT2D eigenvalue weighted by molar-refractivity contribution is -0.121. The molecule has 0 bridgehead atoms. The fourth-order valence-electron chi connectivity index (χ4n) is 4.41. The molecule has 0 radical (unpaired) electrons. The topological polar surface area (TPSA) is 97.4 Å². The molecular formula is C24H27N3O6. The van der Waals surface area contributed by atoms with Crippen LogP contribution in [0.4, 0.5) is 5.69 Å². The van der Waals surface area contributed by atoms with Gasteiger partial charge in [0.25, 0.3) is 11.8 Å². The van der Waals surface area contributed by atoms with Crippen molar-refractivity contribution in [3.8, 4) is 11.5 Å². The molecule has 0 aromatic heterocycles. The normalized spacial score (nSPS) is 16.3. The van der Waals surface area contributed by atoms with Crippen molar-refractivity contribution in [3.63, 3.8) is 0 Å². The maximum absolute atomic E-state index is 13.6.